The molecule has 1 aromatic heterocycles. The summed E-state index contributed by atoms with van der Waals surface area (Å²) in [4.78, 5) is 13.9. The van der Waals surface area contributed by atoms with E-state index in [4.69, 9.17) is 9.63 Å². The fraction of sp³-hybridized carbons (Fsp3) is 0.375. The number of hydrogen-bond acceptors (Lipinski definition) is 6. The maximum atomic E-state index is 11.8. The summed E-state index contributed by atoms with van der Waals surface area (Å²) in [7, 11) is 1.95. The average molecular weight is 319 g/mol. The van der Waals surface area contributed by atoms with E-state index >= 15 is 0 Å². The van der Waals surface area contributed by atoms with Crippen LogP contribution in [0.5, 0.6) is 0 Å². The van der Waals surface area contributed by atoms with Crippen molar-refractivity contribution < 1.29 is 19.5 Å². The number of hydrogen-bond donors (Lipinski definition) is 3. The van der Waals surface area contributed by atoms with E-state index in [2.05, 4.69) is 10.5 Å². The number of nitrogens with one attached hydrogen (secondary N) is 1. The third-order valence-corrected chi connectivity index (χ3v) is 3.22. The normalized spacial score (nSPS) is 12.3. The molecule has 0 saturated carbocycles. The van der Waals surface area contributed by atoms with Gasteiger partial charge in [-0.15, -0.1) is 0 Å². The first-order valence-electron chi connectivity index (χ1n) is 7.33. The van der Waals surface area contributed by atoms with Crippen molar-refractivity contribution in [2.24, 2.45) is 0 Å². The minimum atomic E-state index is -0.984. The molecule has 1 aromatic carbocycles. The van der Waals surface area contributed by atoms with Gasteiger partial charge in [0.25, 0.3) is 5.91 Å². The second kappa shape index (κ2) is 8.42. The highest BCUT2D eigenvalue weighted by Crippen LogP contribution is 2.09. The number of carbonyl (C=O) groups is 1. The molecule has 7 nitrogen and oxygen atoms in total. The van der Waals surface area contributed by atoms with E-state index < -0.39 is 18.6 Å². The topological polar surface area (TPSA) is 98.8 Å². The monoisotopic (exact) mass is 319 g/mol. The van der Waals surface area contributed by atoms with Gasteiger partial charge in [0.15, 0.2) is 11.5 Å². The Labute approximate surface area is 134 Å². The van der Waals surface area contributed by atoms with Crippen molar-refractivity contribution in [3.63, 3.8) is 0 Å². The van der Waals surface area contributed by atoms with Crippen molar-refractivity contribution in [2.75, 3.05) is 20.2 Å². The number of aliphatic hydroxyl groups is 2. The molecule has 23 heavy (non-hydrogen) atoms. The summed E-state index contributed by atoms with van der Waals surface area (Å²) in [6.07, 6.45) is -0.984. The summed E-state index contributed by atoms with van der Waals surface area (Å²) < 4.78 is 5.16. The molecule has 124 valence electrons. The van der Waals surface area contributed by atoms with Gasteiger partial charge in [0, 0.05) is 19.2 Å². The number of aromatic nitrogens is 1. The number of nitrogens with zero attached hydrogens (tertiary/aromatic N) is 2. The molecule has 1 heterocycles. The summed E-state index contributed by atoms with van der Waals surface area (Å²) in [6, 6.07) is 11.6. The molecule has 2 rings (SSSR count). The van der Waals surface area contributed by atoms with Gasteiger partial charge in [-0.05, 0) is 12.6 Å². The highest BCUT2D eigenvalue weighted by molar-refractivity contribution is 5.92. The zero-order chi connectivity index (χ0) is 16.7. The lowest BCUT2D eigenvalue weighted by Gasteiger charge is -2.14. The van der Waals surface area contributed by atoms with Gasteiger partial charge in [-0.25, -0.2) is 0 Å². The number of carbonyl (C=O) groups excluding carboxylic acids is 1. The number of rotatable bonds is 8. The van der Waals surface area contributed by atoms with Crippen molar-refractivity contribution in [1.82, 2.24) is 15.4 Å². The van der Waals surface area contributed by atoms with Crippen LogP contribution < -0.4 is 5.32 Å². The Bertz CT molecular complexity index is 615. The molecule has 0 saturated heterocycles. The molecular formula is C16H21N3O4. The molecule has 0 bridgehead atoms. The number of amides is 1. The van der Waals surface area contributed by atoms with Gasteiger partial charge in [0.2, 0.25) is 0 Å². The Kier molecular flexibility index (Phi) is 6.28. The van der Waals surface area contributed by atoms with E-state index in [1.807, 2.05) is 42.3 Å². The molecule has 0 unspecified atom stereocenters. The number of benzene rings is 1. The summed E-state index contributed by atoms with van der Waals surface area (Å²) in [5.41, 5.74) is 1.34. The zero-order valence-electron chi connectivity index (χ0n) is 13.0. The van der Waals surface area contributed by atoms with Crippen molar-refractivity contribution >= 4 is 5.91 Å². The lowest BCUT2D eigenvalue weighted by Crippen LogP contribution is -2.34. The summed E-state index contributed by atoms with van der Waals surface area (Å²) in [5, 5.41) is 24.1. The van der Waals surface area contributed by atoms with Crippen LogP contribution in [0.25, 0.3) is 0 Å². The molecule has 0 aliphatic heterocycles. The van der Waals surface area contributed by atoms with Crippen LogP contribution >= 0.6 is 0 Å². The SMILES string of the molecule is CN(Cc1ccccc1)Cc1cc(C(=O)NC[C@@H](O)CO)no1. The van der Waals surface area contributed by atoms with Gasteiger partial charge in [-0.2, -0.15) is 0 Å². The van der Waals surface area contributed by atoms with Crippen molar-refractivity contribution in [3.05, 3.63) is 53.4 Å². The molecule has 0 spiro atoms. The van der Waals surface area contributed by atoms with Crippen molar-refractivity contribution in [3.8, 4) is 0 Å². The summed E-state index contributed by atoms with van der Waals surface area (Å²) >= 11 is 0. The van der Waals surface area contributed by atoms with Crippen molar-refractivity contribution in [2.45, 2.75) is 19.2 Å². The fourth-order valence-corrected chi connectivity index (χ4v) is 2.08. The molecule has 0 aliphatic rings. The smallest absolute Gasteiger partial charge is 0.273 e. The van der Waals surface area contributed by atoms with E-state index in [0.29, 0.717) is 12.3 Å². The van der Waals surface area contributed by atoms with Crippen LogP contribution in [0.1, 0.15) is 21.8 Å². The number of aliphatic hydroxyl groups excluding tert-OH is 2. The molecule has 0 fully saturated rings. The first-order valence-corrected chi connectivity index (χ1v) is 7.33. The maximum absolute atomic E-state index is 11.8. The Morgan fingerprint density at radius 2 is 2.09 bits per heavy atom. The molecule has 1 atom stereocenters. The highest BCUT2D eigenvalue weighted by atomic mass is 16.5. The molecular weight excluding hydrogens is 298 g/mol. The third-order valence-electron chi connectivity index (χ3n) is 3.22. The summed E-state index contributed by atoms with van der Waals surface area (Å²) in [5.74, 6) is 0.134. The van der Waals surface area contributed by atoms with Gasteiger partial charge >= 0.3 is 0 Å². The van der Waals surface area contributed by atoms with Crippen LogP contribution in [0.4, 0.5) is 0 Å². The first kappa shape index (κ1) is 17.1. The van der Waals surface area contributed by atoms with Crippen molar-refractivity contribution in [1.29, 1.82) is 0 Å². The third kappa shape index (κ3) is 5.48. The van der Waals surface area contributed by atoms with Crippen LogP contribution in [0.2, 0.25) is 0 Å². The lowest BCUT2D eigenvalue weighted by atomic mass is 10.2. The lowest BCUT2D eigenvalue weighted by molar-refractivity contribution is 0.0796. The van der Waals surface area contributed by atoms with Crippen LogP contribution in [0, 0.1) is 0 Å². The van der Waals surface area contributed by atoms with Gasteiger partial charge < -0.3 is 20.1 Å². The van der Waals surface area contributed by atoms with Crippen LogP contribution in [-0.4, -0.2) is 52.5 Å². The molecule has 0 aliphatic carbocycles. The van der Waals surface area contributed by atoms with Gasteiger partial charge in [0.1, 0.15) is 0 Å². The minimum absolute atomic E-state index is 0.0363. The molecule has 7 heteroatoms. The van der Waals surface area contributed by atoms with Crippen LogP contribution in [-0.2, 0) is 13.1 Å². The summed E-state index contributed by atoms with van der Waals surface area (Å²) in [6.45, 7) is 0.834. The highest BCUT2D eigenvalue weighted by Gasteiger charge is 2.14. The van der Waals surface area contributed by atoms with Gasteiger partial charge in [0.05, 0.1) is 19.3 Å². The van der Waals surface area contributed by atoms with E-state index in [1.54, 1.807) is 6.07 Å². The molecule has 2 aromatic rings. The van der Waals surface area contributed by atoms with E-state index in [-0.39, 0.29) is 12.2 Å². The molecule has 1 amide bonds. The van der Waals surface area contributed by atoms with Crippen LogP contribution in [0.3, 0.4) is 0 Å². The maximum Gasteiger partial charge on any atom is 0.273 e. The van der Waals surface area contributed by atoms with Gasteiger partial charge in [-0.1, -0.05) is 35.5 Å². The standard InChI is InChI=1S/C16H21N3O4/c1-19(9-12-5-3-2-4-6-12)10-14-7-15(18-23-14)16(22)17-8-13(21)11-20/h2-7,13,20-21H,8-11H2,1H3,(H,17,22)/t13-/m1/s1. The second-order valence-corrected chi connectivity index (χ2v) is 5.38. The van der Waals surface area contributed by atoms with E-state index in [9.17, 15) is 9.90 Å². The Hall–Kier alpha value is -2.22. The fourth-order valence-electron chi connectivity index (χ4n) is 2.08. The molecule has 3 N–H and O–H groups in total. The second-order valence-electron chi connectivity index (χ2n) is 5.38. The predicted octanol–water partition coefficient (Wildman–Crippen LogP) is 0.390. The van der Waals surface area contributed by atoms with Gasteiger partial charge in [-0.3, -0.25) is 9.69 Å². The van der Waals surface area contributed by atoms with E-state index in [1.165, 1.54) is 5.56 Å². The average Bonchev–Trinajstić information content (AvgIpc) is 3.01. The Morgan fingerprint density at radius 1 is 1.35 bits per heavy atom. The minimum Gasteiger partial charge on any atom is -0.394 e. The largest absolute Gasteiger partial charge is 0.394 e. The Morgan fingerprint density at radius 3 is 2.78 bits per heavy atom. The zero-order valence-corrected chi connectivity index (χ0v) is 13.0. The van der Waals surface area contributed by atoms with E-state index in [0.717, 1.165) is 6.54 Å². The Balaban J connectivity index is 1.85. The predicted molar refractivity (Wildman–Crippen MR) is 83.5 cm³/mol. The molecule has 0 radical (unpaired) electrons. The first-order chi connectivity index (χ1) is 11.1. The van der Waals surface area contributed by atoms with Crippen LogP contribution in [0.15, 0.2) is 40.9 Å². The quantitative estimate of drug-likeness (QED) is 0.651.